The zero-order valence-corrected chi connectivity index (χ0v) is 8.97. The molecule has 16 heavy (non-hydrogen) atoms. The SMILES string of the molecule is Nc1cc(F)c(NCCCCCO)c(F)c1. The van der Waals surface area contributed by atoms with Crippen molar-refractivity contribution in [2.75, 3.05) is 24.2 Å². The first-order chi connectivity index (χ1) is 7.65. The highest BCUT2D eigenvalue weighted by Gasteiger charge is 2.09. The second-order valence-corrected chi connectivity index (χ2v) is 3.57. The normalized spacial score (nSPS) is 10.4. The van der Waals surface area contributed by atoms with Gasteiger partial charge in [-0.15, -0.1) is 0 Å². The van der Waals surface area contributed by atoms with Crippen molar-refractivity contribution in [3.63, 3.8) is 0 Å². The fourth-order valence-corrected chi connectivity index (χ4v) is 1.39. The second-order valence-electron chi connectivity index (χ2n) is 3.57. The molecule has 0 amide bonds. The molecule has 0 saturated carbocycles. The van der Waals surface area contributed by atoms with Crippen LogP contribution in [0.2, 0.25) is 0 Å². The van der Waals surface area contributed by atoms with Crippen molar-refractivity contribution in [2.24, 2.45) is 0 Å². The van der Waals surface area contributed by atoms with Crippen LogP contribution in [0, 0.1) is 11.6 Å². The number of nitrogen functional groups attached to an aromatic ring is 1. The van der Waals surface area contributed by atoms with Gasteiger partial charge in [0.25, 0.3) is 0 Å². The predicted molar refractivity (Wildman–Crippen MR) is 60.2 cm³/mol. The Balaban J connectivity index is 2.47. The van der Waals surface area contributed by atoms with Gasteiger partial charge in [0.05, 0.1) is 0 Å². The number of nitrogens with one attached hydrogen (secondary N) is 1. The van der Waals surface area contributed by atoms with E-state index in [9.17, 15) is 8.78 Å². The third kappa shape index (κ3) is 3.66. The lowest BCUT2D eigenvalue weighted by Crippen LogP contribution is -2.06. The highest BCUT2D eigenvalue weighted by atomic mass is 19.1. The Labute approximate surface area is 93.3 Å². The van der Waals surface area contributed by atoms with Crippen molar-refractivity contribution in [2.45, 2.75) is 19.3 Å². The second kappa shape index (κ2) is 6.27. The van der Waals surface area contributed by atoms with E-state index in [1.165, 1.54) is 0 Å². The number of unbranched alkanes of at least 4 members (excludes halogenated alkanes) is 2. The average Bonchev–Trinajstić information content (AvgIpc) is 2.20. The first-order valence-electron chi connectivity index (χ1n) is 5.24. The van der Waals surface area contributed by atoms with Gasteiger partial charge in [-0.3, -0.25) is 0 Å². The van der Waals surface area contributed by atoms with Gasteiger partial charge in [0.2, 0.25) is 0 Å². The van der Waals surface area contributed by atoms with Crippen LogP contribution in [-0.4, -0.2) is 18.3 Å². The lowest BCUT2D eigenvalue weighted by atomic mass is 10.2. The Morgan fingerprint density at radius 3 is 2.31 bits per heavy atom. The van der Waals surface area contributed by atoms with Crippen molar-refractivity contribution in [3.05, 3.63) is 23.8 Å². The molecule has 1 aromatic rings. The Morgan fingerprint density at radius 2 is 1.75 bits per heavy atom. The lowest BCUT2D eigenvalue weighted by Gasteiger charge is -2.09. The monoisotopic (exact) mass is 230 g/mol. The summed E-state index contributed by atoms with van der Waals surface area (Å²) in [6, 6.07) is 2.16. The molecule has 0 aliphatic heterocycles. The predicted octanol–water partition coefficient (Wildman–Crippen LogP) is 2.12. The maximum Gasteiger partial charge on any atom is 0.151 e. The molecule has 0 aliphatic carbocycles. The maximum atomic E-state index is 13.3. The van der Waals surface area contributed by atoms with Gasteiger partial charge in [-0.25, -0.2) is 8.78 Å². The zero-order valence-electron chi connectivity index (χ0n) is 8.97. The number of hydrogen-bond acceptors (Lipinski definition) is 3. The third-order valence-electron chi connectivity index (χ3n) is 2.20. The number of hydrogen-bond donors (Lipinski definition) is 3. The average molecular weight is 230 g/mol. The number of nitrogens with two attached hydrogens (primary N) is 1. The summed E-state index contributed by atoms with van der Waals surface area (Å²) in [5.41, 5.74) is 5.22. The Bertz CT molecular complexity index is 322. The van der Waals surface area contributed by atoms with Gasteiger partial charge < -0.3 is 16.2 Å². The van der Waals surface area contributed by atoms with Crippen LogP contribution in [0.4, 0.5) is 20.2 Å². The van der Waals surface area contributed by atoms with Crippen LogP contribution in [0.1, 0.15) is 19.3 Å². The summed E-state index contributed by atoms with van der Waals surface area (Å²) in [5.74, 6) is -1.36. The lowest BCUT2D eigenvalue weighted by molar-refractivity contribution is 0.283. The van der Waals surface area contributed by atoms with E-state index in [1.807, 2.05) is 0 Å². The fraction of sp³-hybridized carbons (Fsp3) is 0.455. The Hall–Kier alpha value is -1.36. The molecular weight excluding hydrogens is 214 g/mol. The van der Waals surface area contributed by atoms with E-state index in [0.29, 0.717) is 13.0 Å². The standard InChI is InChI=1S/C11H16F2N2O/c12-9-6-8(14)7-10(13)11(9)15-4-2-1-3-5-16/h6-7,15-16H,1-5,14H2. The molecule has 0 saturated heterocycles. The number of benzene rings is 1. The van der Waals surface area contributed by atoms with Crippen LogP contribution < -0.4 is 11.1 Å². The minimum atomic E-state index is -0.681. The van der Waals surface area contributed by atoms with Crippen LogP contribution in [-0.2, 0) is 0 Å². The van der Waals surface area contributed by atoms with Gasteiger partial charge in [-0.1, -0.05) is 0 Å². The molecule has 0 unspecified atom stereocenters. The molecule has 1 aromatic carbocycles. The molecule has 0 atom stereocenters. The first-order valence-corrected chi connectivity index (χ1v) is 5.24. The van der Waals surface area contributed by atoms with E-state index in [-0.39, 0.29) is 18.0 Å². The van der Waals surface area contributed by atoms with E-state index in [0.717, 1.165) is 25.0 Å². The quantitative estimate of drug-likeness (QED) is 0.518. The molecule has 0 aromatic heterocycles. The highest BCUT2D eigenvalue weighted by Crippen LogP contribution is 2.21. The van der Waals surface area contributed by atoms with E-state index in [2.05, 4.69) is 5.32 Å². The molecular formula is C11H16F2N2O. The van der Waals surface area contributed by atoms with Crippen LogP contribution in [0.15, 0.2) is 12.1 Å². The topological polar surface area (TPSA) is 58.3 Å². The summed E-state index contributed by atoms with van der Waals surface area (Å²) in [7, 11) is 0. The minimum Gasteiger partial charge on any atom is -0.399 e. The summed E-state index contributed by atoms with van der Waals surface area (Å²) in [6.07, 6.45) is 2.28. The van der Waals surface area contributed by atoms with Crippen LogP contribution in [0.3, 0.4) is 0 Å². The summed E-state index contributed by atoms with van der Waals surface area (Å²) in [6.45, 7) is 0.613. The zero-order chi connectivity index (χ0) is 12.0. The van der Waals surface area contributed by atoms with Crippen molar-refractivity contribution < 1.29 is 13.9 Å². The summed E-state index contributed by atoms with van der Waals surface area (Å²) in [4.78, 5) is 0. The van der Waals surface area contributed by atoms with E-state index in [1.54, 1.807) is 0 Å². The summed E-state index contributed by atoms with van der Waals surface area (Å²) < 4.78 is 26.5. The number of anilines is 2. The van der Waals surface area contributed by atoms with Gasteiger partial charge in [0.15, 0.2) is 11.6 Å². The molecule has 0 radical (unpaired) electrons. The van der Waals surface area contributed by atoms with Gasteiger partial charge in [0.1, 0.15) is 5.69 Å². The Kier molecular flexibility index (Phi) is 4.98. The molecule has 0 heterocycles. The van der Waals surface area contributed by atoms with Crippen LogP contribution in [0.5, 0.6) is 0 Å². The minimum absolute atomic E-state index is 0.0702. The molecule has 0 aliphatic rings. The van der Waals surface area contributed by atoms with E-state index in [4.69, 9.17) is 10.8 Å². The third-order valence-corrected chi connectivity index (χ3v) is 2.20. The number of aliphatic hydroxyl groups excluding tert-OH is 1. The van der Waals surface area contributed by atoms with Gasteiger partial charge in [0, 0.05) is 18.8 Å². The summed E-state index contributed by atoms with van der Waals surface area (Å²) in [5, 5.41) is 11.2. The highest BCUT2D eigenvalue weighted by molar-refractivity contribution is 5.53. The molecule has 1 rings (SSSR count). The summed E-state index contributed by atoms with van der Waals surface area (Å²) >= 11 is 0. The molecule has 3 nitrogen and oxygen atoms in total. The largest absolute Gasteiger partial charge is 0.399 e. The molecule has 0 spiro atoms. The van der Waals surface area contributed by atoms with E-state index < -0.39 is 11.6 Å². The van der Waals surface area contributed by atoms with Crippen LogP contribution in [0.25, 0.3) is 0 Å². The smallest absolute Gasteiger partial charge is 0.151 e. The molecule has 5 heteroatoms. The molecule has 90 valence electrons. The van der Waals surface area contributed by atoms with Crippen molar-refractivity contribution in [1.82, 2.24) is 0 Å². The number of rotatable bonds is 6. The number of aliphatic hydroxyl groups is 1. The first kappa shape index (κ1) is 12.7. The Morgan fingerprint density at radius 1 is 1.12 bits per heavy atom. The molecule has 0 fully saturated rings. The molecule has 0 bridgehead atoms. The number of halogens is 2. The van der Waals surface area contributed by atoms with Crippen molar-refractivity contribution >= 4 is 11.4 Å². The van der Waals surface area contributed by atoms with Gasteiger partial charge in [-0.05, 0) is 31.4 Å². The molecule has 4 N–H and O–H groups in total. The van der Waals surface area contributed by atoms with Gasteiger partial charge >= 0.3 is 0 Å². The van der Waals surface area contributed by atoms with Crippen molar-refractivity contribution in [3.8, 4) is 0 Å². The fourth-order valence-electron chi connectivity index (χ4n) is 1.39. The van der Waals surface area contributed by atoms with Crippen LogP contribution >= 0.6 is 0 Å². The maximum absolute atomic E-state index is 13.3. The van der Waals surface area contributed by atoms with E-state index >= 15 is 0 Å². The van der Waals surface area contributed by atoms with Gasteiger partial charge in [-0.2, -0.15) is 0 Å². The van der Waals surface area contributed by atoms with Crippen molar-refractivity contribution in [1.29, 1.82) is 0 Å².